The molecule has 0 aliphatic carbocycles. The molecule has 0 radical (unpaired) electrons. The first-order valence-electron chi connectivity index (χ1n) is 8.40. The van der Waals surface area contributed by atoms with Crippen molar-refractivity contribution in [1.82, 2.24) is 9.97 Å². The quantitative estimate of drug-likeness (QED) is 0.437. The number of pyridine rings is 2. The third kappa shape index (κ3) is 3.78. The summed E-state index contributed by atoms with van der Waals surface area (Å²) in [5.41, 5.74) is 4.19. The molecule has 0 fully saturated rings. The lowest BCUT2D eigenvalue weighted by atomic mass is 10.1. The lowest BCUT2D eigenvalue weighted by molar-refractivity contribution is 1.06. The number of benzene rings is 2. The van der Waals surface area contributed by atoms with Crippen LogP contribution in [0.2, 0.25) is 5.02 Å². The maximum atomic E-state index is 10.4. The summed E-state index contributed by atoms with van der Waals surface area (Å²) in [6.07, 6.45) is 1.73. The van der Waals surface area contributed by atoms with Gasteiger partial charge in [-0.25, -0.2) is 9.97 Å². The summed E-state index contributed by atoms with van der Waals surface area (Å²) >= 11 is 6.27. The fraction of sp³-hybridized carbons (Fsp3) is 0.0476. The highest BCUT2D eigenvalue weighted by Crippen LogP contribution is 2.28. The summed E-state index contributed by atoms with van der Waals surface area (Å²) in [5, 5.41) is 7.80. The number of fused-ring (bicyclic) bond motifs is 1. The SMILES string of the molecule is O=NCc1cccc(Nc2cc3ccc(-c4ccccc4Cl)nc3cn2)c1. The predicted octanol–water partition coefficient (Wildman–Crippen LogP) is 5.96. The molecule has 0 saturated heterocycles. The molecule has 2 aromatic carbocycles. The Bertz CT molecular complexity index is 1130. The van der Waals surface area contributed by atoms with Gasteiger partial charge < -0.3 is 5.32 Å². The Kier molecular flexibility index (Phi) is 4.77. The average Bonchev–Trinajstić information content (AvgIpc) is 2.69. The van der Waals surface area contributed by atoms with Gasteiger partial charge in [0.2, 0.25) is 0 Å². The van der Waals surface area contributed by atoms with Crippen LogP contribution in [0.1, 0.15) is 5.56 Å². The lowest BCUT2D eigenvalue weighted by Gasteiger charge is -2.09. The number of rotatable bonds is 5. The molecular formula is C21H15ClN4O. The zero-order chi connectivity index (χ0) is 18.6. The minimum absolute atomic E-state index is 0.148. The highest BCUT2D eigenvalue weighted by atomic mass is 35.5. The van der Waals surface area contributed by atoms with Gasteiger partial charge in [0, 0.05) is 21.7 Å². The number of hydrogen-bond donors (Lipinski definition) is 1. The van der Waals surface area contributed by atoms with E-state index in [4.69, 9.17) is 11.6 Å². The van der Waals surface area contributed by atoms with E-state index in [-0.39, 0.29) is 6.54 Å². The Morgan fingerprint density at radius 3 is 2.74 bits per heavy atom. The third-order valence-electron chi connectivity index (χ3n) is 4.17. The largest absolute Gasteiger partial charge is 0.340 e. The van der Waals surface area contributed by atoms with E-state index in [9.17, 15) is 4.91 Å². The molecule has 6 heteroatoms. The molecule has 4 rings (SSSR count). The molecule has 0 saturated carbocycles. The highest BCUT2D eigenvalue weighted by Gasteiger charge is 2.07. The average molecular weight is 375 g/mol. The van der Waals surface area contributed by atoms with Crippen LogP contribution < -0.4 is 5.32 Å². The summed E-state index contributed by atoms with van der Waals surface area (Å²) in [7, 11) is 0. The van der Waals surface area contributed by atoms with Crippen molar-refractivity contribution in [3.63, 3.8) is 0 Å². The highest BCUT2D eigenvalue weighted by molar-refractivity contribution is 6.33. The van der Waals surface area contributed by atoms with E-state index in [1.165, 1.54) is 0 Å². The van der Waals surface area contributed by atoms with Crippen molar-refractivity contribution in [1.29, 1.82) is 0 Å². The van der Waals surface area contributed by atoms with E-state index in [0.29, 0.717) is 10.8 Å². The summed E-state index contributed by atoms with van der Waals surface area (Å²) < 4.78 is 0. The topological polar surface area (TPSA) is 67.2 Å². The molecule has 2 aromatic heterocycles. The maximum absolute atomic E-state index is 10.4. The molecule has 0 spiro atoms. The van der Waals surface area contributed by atoms with Crippen LogP contribution in [0, 0.1) is 4.91 Å². The second-order valence-corrected chi connectivity index (χ2v) is 6.46. The number of hydrogen-bond acceptors (Lipinski definition) is 5. The van der Waals surface area contributed by atoms with Crippen LogP contribution in [0.5, 0.6) is 0 Å². The van der Waals surface area contributed by atoms with E-state index >= 15 is 0 Å². The van der Waals surface area contributed by atoms with Crippen molar-refractivity contribution in [2.75, 3.05) is 5.32 Å². The van der Waals surface area contributed by atoms with Crippen molar-refractivity contribution in [3.05, 3.63) is 88.4 Å². The van der Waals surface area contributed by atoms with Crippen LogP contribution in [-0.2, 0) is 6.54 Å². The Hall–Kier alpha value is -3.31. The first kappa shape index (κ1) is 17.1. The van der Waals surface area contributed by atoms with Crippen molar-refractivity contribution < 1.29 is 0 Å². The summed E-state index contributed by atoms with van der Waals surface area (Å²) in [6, 6.07) is 21.0. The van der Waals surface area contributed by atoms with E-state index in [2.05, 4.69) is 20.5 Å². The number of aromatic nitrogens is 2. The number of anilines is 2. The third-order valence-corrected chi connectivity index (χ3v) is 4.50. The van der Waals surface area contributed by atoms with Crippen LogP contribution in [-0.4, -0.2) is 9.97 Å². The molecule has 0 bridgehead atoms. The van der Waals surface area contributed by atoms with E-state index in [1.807, 2.05) is 66.7 Å². The van der Waals surface area contributed by atoms with Gasteiger partial charge in [0.1, 0.15) is 12.4 Å². The van der Waals surface area contributed by atoms with Gasteiger partial charge in [0.05, 0.1) is 17.4 Å². The van der Waals surface area contributed by atoms with Gasteiger partial charge in [-0.15, -0.1) is 0 Å². The van der Waals surface area contributed by atoms with Crippen LogP contribution in [0.3, 0.4) is 0 Å². The van der Waals surface area contributed by atoms with Crippen LogP contribution in [0.15, 0.2) is 78.1 Å². The monoisotopic (exact) mass is 374 g/mol. The second kappa shape index (κ2) is 7.51. The Labute approximate surface area is 161 Å². The molecule has 0 amide bonds. The first-order chi connectivity index (χ1) is 13.2. The Morgan fingerprint density at radius 2 is 1.89 bits per heavy atom. The Balaban J connectivity index is 1.63. The smallest absolute Gasteiger partial charge is 0.131 e. The summed E-state index contributed by atoms with van der Waals surface area (Å²) in [4.78, 5) is 19.6. The molecule has 0 aliphatic heterocycles. The molecule has 0 aliphatic rings. The summed E-state index contributed by atoms with van der Waals surface area (Å²) in [5.74, 6) is 0.700. The normalized spacial score (nSPS) is 10.7. The zero-order valence-electron chi connectivity index (χ0n) is 14.3. The molecule has 1 N–H and O–H groups in total. The van der Waals surface area contributed by atoms with Crippen molar-refractivity contribution in [2.24, 2.45) is 5.18 Å². The standard InChI is InChI=1S/C21H15ClN4O/c22-18-7-2-1-6-17(18)19-9-8-15-11-21(23-13-20(15)26-19)25-16-5-3-4-14(10-16)12-24-27/h1-11,13H,12H2,(H,23,25). The fourth-order valence-corrected chi connectivity index (χ4v) is 3.12. The Morgan fingerprint density at radius 1 is 1.00 bits per heavy atom. The van der Waals surface area contributed by atoms with Crippen LogP contribution >= 0.6 is 11.6 Å². The van der Waals surface area contributed by atoms with Crippen LogP contribution in [0.25, 0.3) is 22.2 Å². The molecule has 0 atom stereocenters. The van der Waals surface area contributed by atoms with E-state index in [0.717, 1.165) is 33.4 Å². The lowest BCUT2D eigenvalue weighted by Crippen LogP contribution is -1.95. The molecule has 4 aromatic rings. The minimum atomic E-state index is 0.148. The van der Waals surface area contributed by atoms with Crippen molar-refractivity contribution >= 4 is 34.0 Å². The second-order valence-electron chi connectivity index (χ2n) is 6.05. The van der Waals surface area contributed by atoms with Gasteiger partial charge in [-0.05, 0) is 35.9 Å². The molecule has 0 unspecified atom stereocenters. The fourth-order valence-electron chi connectivity index (χ4n) is 2.88. The molecular weight excluding hydrogens is 360 g/mol. The van der Waals surface area contributed by atoms with Crippen molar-refractivity contribution in [3.8, 4) is 11.3 Å². The number of halogens is 1. The van der Waals surface area contributed by atoms with Gasteiger partial charge in [0.25, 0.3) is 0 Å². The van der Waals surface area contributed by atoms with Gasteiger partial charge in [-0.1, -0.05) is 53.2 Å². The molecule has 27 heavy (non-hydrogen) atoms. The van der Waals surface area contributed by atoms with Crippen molar-refractivity contribution in [2.45, 2.75) is 6.54 Å². The van der Waals surface area contributed by atoms with Crippen LogP contribution in [0.4, 0.5) is 11.5 Å². The zero-order valence-corrected chi connectivity index (χ0v) is 15.0. The minimum Gasteiger partial charge on any atom is -0.340 e. The first-order valence-corrected chi connectivity index (χ1v) is 8.77. The van der Waals surface area contributed by atoms with Gasteiger partial charge in [-0.3, -0.25) is 0 Å². The van der Waals surface area contributed by atoms with Gasteiger partial charge in [-0.2, -0.15) is 4.91 Å². The molecule has 5 nitrogen and oxygen atoms in total. The van der Waals surface area contributed by atoms with E-state index in [1.54, 1.807) is 6.20 Å². The summed E-state index contributed by atoms with van der Waals surface area (Å²) in [6.45, 7) is 0.148. The van der Waals surface area contributed by atoms with E-state index < -0.39 is 0 Å². The maximum Gasteiger partial charge on any atom is 0.131 e. The van der Waals surface area contributed by atoms with Gasteiger partial charge >= 0.3 is 0 Å². The number of nitrogens with zero attached hydrogens (tertiary/aromatic N) is 3. The number of nitroso groups, excluding NO2 is 1. The molecule has 132 valence electrons. The van der Waals surface area contributed by atoms with Gasteiger partial charge in [0.15, 0.2) is 0 Å². The number of nitrogens with one attached hydrogen (secondary N) is 1. The predicted molar refractivity (Wildman–Crippen MR) is 109 cm³/mol. The molecule has 2 heterocycles.